The third-order valence-corrected chi connectivity index (χ3v) is 3.32. The van der Waals surface area contributed by atoms with E-state index in [9.17, 15) is 4.79 Å². The maximum atomic E-state index is 11.6. The summed E-state index contributed by atoms with van der Waals surface area (Å²) in [5, 5.41) is 0.707. The molecular formula is C11H12ClNO. The normalized spacial score (nSPS) is 15.5. The van der Waals surface area contributed by atoms with Gasteiger partial charge in [-0.05, 0) is 37.8 Å². The van der Waals surface area contributed by atoms with E-state index in [-0.39, 0.29) is 5.78 Å². The molecule has 0 amide bonds. The second kappa shape index (κ2) is 3.35. The SMILES string of the molecule is Cc1nc2c(c(C)c1Cl)CCCC2=O. The molecule has 0 aliphatic heterocycles. The summed E-state index contributed by atoms with van der Waals surface area (Å²) in [5.74, 6) is 0.161. The van der Waals surface area contributed by atoms with Crippen LogP contribution in [0.1, 0.15) is 40.2 Å². The van der Waals surface area contributed by atoms with Crippen molar-refractivity contribution >= 4 is 17.4 Å². The Hall–Kier alpha value is -0.890. The summed E-state index contributed by atoms with van der Waals surface area (Å²) in [7, 11) is 0. The first kappa shape index (κ1) is 9.66. The molecule has 2 nitrogen and oxygen atoms in total. The second-order valence-corrected chi connectivity index (χ2v) is 4.12. The van der Waals surface area contributed by atoms with E-state index in [0.717, 1.165) is 29.7 Å². The van der Waals surface area contributed by atoms with Crippen LogP contribution >= 0.6 is 11.6 Å². The molecule has 0 aromatic carbocycles. The van der Waals surface area contributed by atoms with E-state index >= 15 is 0 Å². The summed E-state index contributed by atoms with van der Waals surface area (Å²) in [6, 6.07) is 0. The van der Waals surface area contributed by atoms with Crippen LogP contribution in [0.2, 0.25) is 5.02 Å². The van der Waals surface area contributed by atoms with Crippen LogP contribution in [0.3, 0.4) is 0 Å². The number of ketones is 1. The smallest absolute Gasteiger partial charge is 0.181 e. The van der Waals surface area contributed by atoms with E-state index in [1.54, 1.807) is 0 Å². The highest BCUT2D eigenvalue weighted by molar-refractivity contribution is 6.32. The lowest BCUT2D eigenvalue weighted by Gasteiger charge is -2.17. The summed E-state index contributed by atoms with van der Waals surface area (Å²) >= 11 is 6.09. The molecule has 0 radical (unpaired) electrons. The highest BCUT2D eigenvalue weighted by Crippen LogP contribution is 2.29. The van der Waals surface area contributed by atoms with Crippen LogP contribution in [0.5, 0.6) is 0 Å². The largest absolute Gasteiger partial charge is 0.292 e. The maximum Gasteiger partial charge on any atom is 0.181 e. The van der Waals surface area contributed by atoms with Gasteiger partial charge in [-0.15, -0.1) is 0 Å². The number of aryl methyl sites for hydroxylation is 1. The number of fused-ring (bicyclic) bond motifs is 1. The lowest BCUT2D eigenvalue weighted by molar-refractivity contribution is 0.0967. The van der Waals surface area contributed by atoms with Crippen molar-refractivity contribution in [2.24, 2.45) is 0 Å². The minimum Gasteiger partial charge on any atom is -0.292 e. The molecule has 74 valence electrons. The molecule has 3 heteroatoms. The molecule has 0 atom stereocenters. The Morgan fingerprint density at radius 3 is 2.71 bits per heavy atom. The van der Waals surface area contributed by atoms with Gasteiger partial charge >= 0.3 is 0 Å². The maximum absolute atomic E-state index is 11.6. The summed E-state index contributed by atoms with van der Waals surface area (Å²) in [5.41, 5.74) is 3.49. The fraction of sp³-hybridized carbons (Fsp3) is 0.455. The van der Waals surface area contributed by atoms with Crippen LogP contribution in [-0.2, 0) is 6.42 Å². The number of pyridine rings is 1. The molecule has 2 rings (SSSR count). The average Bonchev–Trinajstić information content (AvgIpc) is 2.17. The first-order valence-electron chi connectivity index (χ1n) is 4.80. The van der Waals surface area contributed by atoms with Crippen LogP contribution in [-0.4, -0.2) is 10.8 Å². The number of carbonyl (C=O) groups excluding carboxylic acids is 1. The summed E-state index contributed by atoms with van der Waals surface area (Å²) in [4.78, 5) is 15.9. The van der Waals surface area contributed by atoms with Crippen LogP contribution in [0.4, 0.5) is 0 Å². The lowest BCUT2D eigenvalue weighted by Crippen LogP contribution is -2.15. The molecular weight excluding hydrogens is 198 g/mol. The van der Waals surface area contributed by atoms with Crippen molar-refractivity contribution in [1.29, 1.82) is 0 Å². The van der Waals surface area contributed by atoms with Crippen molar-refractivity contribution < 1.29 is 4.79 Å². The predicted octanol–water partition coefficient (Wildman–Crippen LogP) is 2.87. The minimum absolute atomic E-state index is 0.161. The third kappa shape index (κ3) is 1.34. The van der Waals surface area contributed by atoms with Gasteiger partial charge in [0.1, 0.15) is 5.69 Å². The first-order valence-corrected chi connectivity index (χ1v) is 5.18. The number of halogens is 1. The zero-order valence-electron chi connectivity index (χ0n) is 8.35. The monoisotopic (exact) mass is 209 g/mol. The molecule has 14 heavy (non-hydrogen) atoms. The molecule has 1 aliphatic carbocycles. The molecule has 1 aromatic heterocycles. The van der Waals surface area contributed by atoms with Gasteiger partial charge in [-0.1, -0.05) is 11.6 Å². The van der Waals surface area contributed by atoms with Gasteiger partial charge in [0.25, 0.3) is 0 Å². The van der Waals surface area contributed by atoms with Crippen molar-refractivity contribution in [3.05, 3.63) is 27.5 Å². The van der Waals surface area contributed by atoms with Gasteiger partial charge in [0.2, 0.25) is 0 Å². The van der Waals surface area contributed by atoms with Crippen molar-refractivity contribution in [1.82, 2.24) is 4.98 Å². The molecule has 0 spiro atoms. The summed E-state index contributed by atoms with van der Waals surface area (Å²) in [6.07, 6.45) is 2.48. The molecule has 0 fully saturated rings. The van der Waals surface area contributed by atoms with Gasteiger partial charge in [-0.2, -0.15) is 0 Å². The Morgan fingerprint density at radius 1 is 1.29 bits per heavy atom. The van der Waals surface area contributed by atoms with Crippen LogP contribution < -0.4 is 0 Å². The van der Waals surface area contributed by atoms with Gasteiger partial charge in [0, 0.05) is 6.42 Å². The molecule has 1 aliphatic rings. The number of nitrogens with zero attached hydrogens (tertiary/aromatic N) is 1. The van der Waals surface area contributed by atoms with Crippen molar-refractivity contribution in [3.8, 4) is 0 Å². The van der Waals surface area contributed by atoms with Crippen molar-refractivity contribution in [2.75, 3.05) is 0 Å². The molecule has 0 unspecified atom stereocenters. The van der Waals surface area contributed by atoms with Gasteiger partial charge < -0.3 is 0 Å². The fourth-order valence-electron chi connectivity index (χ4n) is 1.95. The molecule has 0 N–H and O–H groups in total. The number of carbonyl (C=O) groups is 1. The minimum atomic E-state index is 0.161. The standard InChI is InChI=1S/C11H12ClNO/c1-6-8-4-3-5-9(14)11(8)13-7(2)10(6)12/h3-5H2,1-2H3. The van der Waals surface area contributed by atoms with Gasteiger partial charge in [-0.3, -0.25) is 4.79 Å². The van der Waals surface area contributed by atoms with E-state index in [2.05, 4.69) is 4.98 Å². The number of hydrogen-bond donors (Lipinski definition) is 0. The van der Waals surface area contributed by atoms with E-state index in [0.29, 0.717) is 17.1 Å². The van der Waals surface area contributed by atoms with Crippen LogP contribution in [0.25, 0.3) is 0 Å². The number of aromatic nitrogens is 1. The highest BCUT2D eigenvalue weighted by atomic mass is 35.5. The predicted molar refractivity (Wildman–Crippen MR) is 56.0 cm³/mol. The fourth-order valence-corrected chi connectivity index (χ4v) is 2.10. The molecule has 0 saturated carbocycles. The Labute approximate surface area is 88.3 Å². The molecule has 0 saturated heterocycles. The Balaban J connectivity index is 2.69. The summed E-state index contributed by atoms with van der Waals surface area (Å²) in [6.45, 7) is 3.81. The number of rotatable bonds is 0. The van der Waals surface area contributed by atoms with Crippen molar-refractivity contribution in [2.45, 2.75) is 33.1 Å². The summed E-state index contributed by atoms with van der Waals surface area (Å²) < 4.78 is 0. The first-order chi connectivity index (χ1) is 6.61. The Bertz CT molecular complexity index is 412. The lowest BCUT2D eigenvalue weighted by atomic mass is 9.91. The van der Waals surface area contributed by atoms with Crippen LogP contribution in [0, 0.1) is 13.8 Å². The van der Waals surface area contributed by atoms with Gasteiger partial charge in [-0.25, -0.2) is 4.98 Å². The van der Waals surface area contributed by atoms with E-state index in [1.165, 1.54) is 0 Å². The van der Waals surface area contributed by atoms with E-state index in [4.69, 9.17) is 11.6 Å². The van der Waals surface area contributed by atoms with E-state index in [1.807, 2.05) is 13.8 Å². The van der Waals surface area contributed by atoms with Crippen molar-refractivity contribution in [3.63, 3.8) is 0 Å². The zero-order valence-corrected chi connectivity index (χ0v) is 9.11. The van der Waals surface area contributed by atoms with Gasteiger partial charge in [0.15, 0.2) is 5.78 Å². The average molecular weight is 210 g/mol. The topological polar surface area (TPSA) is 30.0 Å². The quantitative estimate of drug-likeness (QED) is 0.658. The van der Waals surface area contributed by atoms with Crippen LogP contribution in [0.15, 0.2) is 0 Å². The second-order valence-electron chi connectivity index (χ2n) is 3.74. The Kier molecular flexibility index (Phi) is 2.31. The Morgan fingerprint density at radius 2 is 2.00 bits per heavy atom. The van der Waals surface area contributed by atoms with Gasteiger partial charge in [0.05, 0.1) is 10.7 Å². The molecule has 0 bridgehead atoms. The molecule has 1 heterocycles. The molecule has 1 aromatic rings. The third-order valence-electron chi connectivity index (χ3n) is 2.76. The zero-order chi connectivity index (χ0) is 10.3. The number of Topliss-reactive ketones (excluding diaryl/α,β-unsaturated/α-hetero) is 1. The van der Waals surface area contributed by atoms with E-state index < -0.39 is 0 Å². The number of hydrogen-bond acceptors (Lipinski definition) is 2. The highest BCUT2D eigenvalue weighted by Gasteiger charge is 2.22.